The standard InChI is InChI=1S/C14H25N2O/c17-12-16(14-9-5-2-6-10-14)11-15-13-7-3-1-4-8-13/h13-14,17H,1-10,12H2/q+1. The third-order valence-electron chi connectivity index (χ3n) is 4.11. The predicted molar refractivity (Wildman–Crippen MR) is 68.5 cm³/mol. The van der Waals surface area contributed by atoms with Crippen molar-refractivity contribution in [3.63, 3.8) is 0 Å². The molecule has 17 heavy (non-hydrogen) atoms. The molecule has 0 spiro atoms. The summed E-state index contributed by atoms with van der Waals surface area (Å²) in [7, 11) is 0. The average Bonchev–Trinajstić information content (AvgIpc) is 2.42. The van der Waals surface area contributed by atoms with Gasteiger partial charge in [0.1, 0.15) is 6.04 Å². The minimum absolute atomic E-state index is 0.0703. The zero-order chi connectivity index (χ0) is 11.9. The van der Waals surface area contributed by atoms with E-state index in [2.05, 4.69) is 11.0 Å². The smallest absolute Gasteiger partial charge is 0.308 e. The van der Waals surface area contributed by atoms with Crippen molar-refractivity contribution in [2.45, 2.75) is 76.3 Å². The molecule has 2 saturated carbocycles. The lowest BCUT2D eigenvalue weighted by Crippen LogP contribution is -2.29. The van der Waals surface area contributed by atoms with Gasteiger partial charge < -0.3 is 5.11 Å². The van der Waals surface area contributed by atoms with E-state index >= 15 is 0 Å². The second-order valence-corrected chi connectivity index (χ2v) is 5.42. The van der Waals surface area contributed by atoms with Gasteiger partial charge in [-0.1, -0.05) is 12.8 Å². The van der Waals surface area contributed by atoms with Crippen LogP contribution in [0.1, 0.15) is 64.2 Å². The Kier molecular flexibility index (Phi) is 5.21. The highest BCUT2D eigenvalue weighted by Crippen LogP contribution is 2.21. The van der Waals surface area contributed by atoms with Crippen LogP contribution in [-0.4, -0.2) is 34.5 Å². The summed E-state index contributed by atoms with van der Waals surface area (Å²) in [5.41, 5.74) is 0. The van der Waals surface area contributed by atoms with Gasteiger partial charge in [-0.15, -0.1) is 0 Å². The topological polar surface area (TPSA) is 35.6 Å². The molecule has 0 aromatic rings. The Hall–Kier alpha value is -0.660. The molecule has 96 valence electrons. The van der Waals surface area contributed by atoms with Crippen LogP contribution >= 0.6 is 0 Å². The highest BCUT2D eigenvalue weighted by Gasteiger charge is 2.21. The van der Waals surface area contributed by atoms with E-state index in [1.54, 1.807) is 0 Å². The Labute approximate surface area is 104 Å². The van der Waals surface area contributed by atoms with Gasteiger partial charge in [0, 0.05) is 0 Å². The summed E-state index contributed by atoms with van der Waals surface area (Å²) in [6.45, 7) is 0.0703. The monoisotopic (exact) mass is 237 g/mol. The maximum absolute atomic E-state index is 9.41. The Balaban J connectivity index is 1.96. The van der Waals surface area contributed by atoms with Gasteiger partial charge in [0.25, 0.3) is 0 Å². The van der Waals surface area contributed by atoms with Crippen molar-refractivity contribution in [2.24, 2.45) is 4.99 Å². The molecule has 0 bridgehead atoms. The SMILES string of the molecule is OC[N+](=C=NC1CCCCC1)C1CCCCC1. The van der Waals surface area contributed by atoms with E-state index in [9.17, 15) is 5.11 Å². The summed E-state index contributed by atoms with van der Waals surface area (Å²) in [5.74, 6) is 0. The summed E-state index contributed by atoms with van der Waals surface area (Å²) in [6.07, 6.45) is 12.7. The number of nitrogens with zero attached hydrogens (tertiary/aromatic N) is 2. The first-order valence-corrected chi connectivity index (χ1v) is 7.23. The molecule has 1 N–H and O–H groups in total. The predicted octanol–water partition coefficient (Wildman–Crippen LogP) is 2.79. The first-order valence-electron chi connectivity index (χ1n) is 7.23. The molecular formula is C14H25N2O+. The normalized spacial score (nSPS) is 23.1. The molecule has 0 atom stereocenters. The average molecular weight is 237 g/mol. The van der Waals surface area contributed by atoms with Gasteiger partial charge in [-0.25, -0.2) is 0 Å². The number of hydrogen-bond donors (Lipinski definition) is 1. The highest BCUT2D eigenvalue weighted by molar-refractivity contribution is 5.34. The fraction of sp³-hybridized carbons (Fsp3) is 0.929. The molecule has 0 aromatic heterocycles. The molecule has 0 saturated heterocycles. The zero-order valence-electron chi connectivity index (χ0n) is 10.8. The van der Waals surface area contributed by atoms with Gasteiger partial charge in [0.2, 0.25) is 0 Å². The molecule has 2 rings (SSSR count). The first-order chi connectivity index (χ1) is 8.40. The summed E-state index contributed by atoms with van der Waals surface area (Å²) < 4.78 is 1.92. The molecule has 3 nitrogen and oxygen atoms in total. The van der Waals surface area contributed by atoms with Gasteiger partial charge in [0.05, 0.1) is 0 Å². The Morgan fingerprint density at radius 2 is 1.53 bits per heavy atom. The third-order valence-corrected chi connectivity index (χ3v) is 4.11. The molecule has 0 unspecified atom stereocenters. The minimum atomic E-state index is 0.0703. The lowest BCUT2D eigenvalue weighted by Gasteiger charge is -2.19. The zero-order valence-corrected chi connectivity index (χ0v) is 10.8. The van der Waals surface area contributed by atoms with Gasteiger partial charge in [-0.3, -0.25) is 0 Å². The van der Waals surface area contributed by atoms with E-state index in [0.29, 0.717) is 12.1 Å². The molecule has 0 aliphatic heterocycles. The van der Waals surface area contributed by atoms with Crippen LogP contribution < -0.4 is 0 Å². The van der Waals surface area contributed by atoms with Crippen molar-refractivity contribution >= 4 is 6.01 Å². The fourth-order valence-electron chi connectivity index (χ4n) is 2.99. The number of aliphatic hydroxyl groups is 1. The highest BCUT2D eigenvalue weighted by atomic mass is 16.3. The van der Waals surface area contributed by atoms with Gasteiger partial charge in [-0.2, -0.15) is 4.58 Å². The van der Waals surface area contributed by atoms with Crippen molar-refractivity contribution < 1.29 is 9.68 Å². The van der Waals surface area contributed by atoms with Crippen molar-refractivity contribution in [3.8, 4) is 0 Å². The van der Waals surface area contributed by atoms with E-state index in [0.717, 1.165) is 0 Å². The lowest BCUT2D eigenvalue weighted by molar-refractivity contribution is -0.596. The van der Waals surface area contributed by atoms with Crippen molar-refractivity contribution in [1.82, 2.24) is 0 Å². The van der Waals surface area contributed by atoms with Gasteiger partial charge in [-0.05, 0) is 56.4 Å². The molecule has 2 fully saturated rings. The second kappa shape index (κ2) is 6.93. The quantitative estimate of drug-likeness (QED) is 0.457. The van der Waals surface area contributed by atoms with E-state index in [4.69, 9.17) is 0 Å². The van der Waals surface area contributed by atoms with E-state index in [1.165, 1.54) is 64.2 Å². The van der Waals surface area contributed by atoms with Gasteiger partial charge >= 0.3 is 6.01 Å². The van der Waals surface area contributed by atoms with E-state index in [1.807, 2.05) is 4.58 Å². The molecule has 2 aliphatic rings. The Bertz CT molecular complexity index is 283. The number of aliphatic hydroxyl groups excluding tert-OH is 1. The Morgan fingerprint density at radius 1 is 0.941 bits per heavy atom. The van der Waals surface area contributed by atoms with Crippen LogP contribution in [0.15, 0.2) is 4.99 Å². The molecule has 0 radical (unpaired) electrons. The third kappa shape index (κ3) is 3.93. The second-order valence-electron chi connectivity index (χ2n) is 5.42. The number of rotatable bonds is 3. The molecule has 0 heterocycles. The fourth-order valence-corrected chi connectivity index (χ4v) is 2.99. The van der Waals surface area contributed by atoms with E-state index < -0.39 is 0 Å². The van der Waals surface area contributed by atoms with Crippen LogP contribution in [-0.2, 0) is 0 Å². The van der Waals surface area contributed by atoms with Crippen LogP contribution in [0.25, 0.3) is 0 Å². The Morgan fingerprint density at radius 3 is 2.12 bits per heavy atom. The van der Waals surface area contributed by atoms with Crippen molar-refractivity contribution in [1.29, 1.82) is 0 Å². The maximum Gasteiger partial charge on any atom is 0.308 e. The summed E-state index contributed by atoms with van der Waals surface area (Å²) in [6, 6.07) is 4.05. The van der Waals surface area contributed by atoms with Crippen LogP contribution in [0, 0.1) is 0 Å². The first kappa shape index (κ1) is 12.8. The van der Waals surface area contributed by atoms with Crippen LogP contribution in [0.3, 0.4) is 0 Å². The summed E-state index contributed by atoms with van der Waals surface area (Å²) in [4.78, 5) is 4.55. The van der Waals surface area contributed by atoms with Crippen LogP contribution in [0.5, 0.6) is 0 Å². The minimum Gasteiger partial charge on any atom is -0.357 e. The van der Waals surface area contributed by atoms with Crippen LogP contribution in [0.2, 0.25) is 0 Å². The molecular weight excluding hydrogens is 212 g/mol. The maximum atomic E-state index is 9.41. The van der Waals surface area contributed by atoms with Crippen LogP contribution in [0.4, 0.5) is 0 Å². The van der Waals surface area contributed by atoms with E-state index in [-0.39, 0.29) is 6.73 Å². The molecule has 2 aliphatic carbocycles. The molecule has 0 amide bonds. The van der Waals surface area contributed by atoms with Crippen molar-refractivity contribution in [3.05, 3.63) is 0 Å². The molecule has 0 aromatic carbocycles. The lowest BCUT2D eigenvalue weighted by atomic mass is 9.95. The largest absolute Gasteiger partial charge is 0.357 e. The number of aliphatic imine (C=N–C) groups is 1. The van der Waals surface area contributed by atoms with Crippen molar-refractivity contribution in [2.75, 3.05) is 6.73 Å². The number of hydrogen-bond acceptors (Lipinski definition) is 2. The molecule has 3 heteroatoms. The summed E-state index contributed by atoms with van der Waals surface area (Å²) >= 11 is 0. The summed E-state index contributed by atoms with van der Waals surface area (Å²) in [5, 5.41) is 9.41. The van der Waals surface area contributed by atoms with Gasteiger partial charge in [0.15, 0.2) is 12.8 Å².